The molecule has 1 aromatic carbocycles. The van der Waals surface area contributed by atoms with Crippen LogP contribution in [0.3, 0.4) is 0 Å². The molecule has 0 aliphatic carbocycles. The quantitative estimate of drug-likeness (QED) is 0.643. The van der Waals surface area contributed by atoms with Gasteiger partial charge >= 0.3 is 5.97 Å². The average Bonchev–Trinajstić information content (AvgIpc) is 2.94. The molecule has 0 spiro atoms. The van der Waals surface area contributed by atoms with E-state index in [2.05, 4.69) is 12.2 Å². The Labute approximate surface area is 113 Å². The van der Waals surface area contributed by atoms with Crippen LogP contribution in [0.15, 0.2) is 18.2 Å². The lowest BCUT2D eigenvalue weighted by molar-refractivity contribution is 0.0602. The number of hydrogen-bond acceptors (Lipinski definition) is 5. The van der Waals surface area contributed by atoms with Crippen molar-refractivity contribution in [2.24, 2.45) is 0 Å². The minimum absolute atomic E-state index is 0.191. The number of nitrogens with two attached hydrogens (primary N) is 1. The number of carbonyl (C=O) groups excluding carboxylic acids is 1. The van der Waals surface area contributed by atoms with E-state index in [9.17, 15) is 4.79 Å². The van der Waals surface area contributed by atoms with Crippen LogP contribution in [-0.4, -0.2) is 31.8 Å². The van der Waals surface area contributed by atoms with Gasteiger partial charge in [-0.05, 0) is 38.0 Å². The number of esters is 1. The molecule has 0 radical (unpaired) electrons. The summed E-state index contributed by atoms with van der Waals surface area (Å²) in [5, 5.41) is 3.34. The molecule has 2 atom stereocenters. The van der Waals surface area contributed by atoms with Gasteiger partial charge in [0, 0.05) is 24.0 Å². The molecule has 5 nitrogen and oxygen atoms in total. The summed E-state index contributed by atoms with van der Waals surface area (Å²) < 4.78 is 10.3. The fourth-order valence-corrected chi connectivity index (χ4v) is 2.29. The van der Waals surface area contributed by atoms with E-state index in [0.717, 1.165) is 25.1 Å². The van der Waals surface area contributed by atoms with Crippen LogP contribution in [-0.2, 0) is 9.47 Å². The van der Waals surface area contributed by atoms with Gasteiger partial charge < -0.3 is 20.5 Å². The first kappa shape index (κ1) is 13.7. The number of carbonyl (C=O) groups is 1. The summed E-state index contributed by atoms with van der Waals surface area (Å²) in [5.74, 6) is -0.425. The van der Waals surface area contributed by atoms with Crippen molar-refractivity contribution in [3.05, 3.63) is 23.8 Å². The zero-order valence-corrected chi connectivity index (χ0v) is 11.3. The summed E-state index contributed by atoms with van der Waals surface area (Å²) in [5.41, 5.74) is 7.41. The van der Waals surface area contributed by atoms with E-state index in [1.54, 1.807) is 12.1 Å². The third-order valence-electron chi connectivity index (χ3n) is 3.38. The van der Waals surface area contributed by atoms with Crippen LogP contribution in [0.2, 0.25) is 0 Å². The Morgan fingerprint density at radius 1 is 1.58 bits per heavy atom. The SMILES string of the molecule is COC(=O)c1cc(NC(C)C2CCCO2)ccc1N. The molecule has 5 heteroatoms. The normalized spacial score (nSPS) is 20.0. The summed E-state index contributed by atoms with van der Waals surface area (Å²) >= 11 is 0. The molecule has 1 aliphatic rings. The third-order valence-corrected chi connectivity index (χ3v) is 3.38. The second-order valence-electron chi connectivity index (χ2n) is 4.78. The van der Waals surface area contributed by atoms with Gasteiger partial charge in [-0.15, -0.1) is 0 Å². The minimum atomic E-state index is -0.425. The van der Waals surface area contributed by atoms with Gasteiger partial charge in [-0.1, -0.05) is 0 Å². The van der Waals surface area contributed by atoms with E-state index in [1.165, 1.54) is 7.11 Å². The maximum absolute atomic E-state index is 11.6. The topological polar surface area (TPSA) is 73.6 Å². The van der Waals surface area contributed by atoms with Crippen LogP contribution in [0.5, 0.6) is 0 Å². The fourth-order valence-electron chi connectivity index (χ4n) is 2.29. The number of hydrogen-bond donors (Lipinski definition) is 2. The van der Waals surface area contributed by atoms with Gasteiger partial charge in [0.15, 0.2) is 0 Å². The van der Waals surface area contributed by atoms with Gasteiger partial charge in [-0.3, -0.25) is 0 Å². The predicted octanol–water partition coefficient (Wildman–Crippen LogP) is 2.03. The van der Waals surface area contributed by atoms with Crippen molar-refractivity contribution in [1.29, 1.82) is 0 Å². The Balaban J connectivity index is 2.10. The van der Waals surface area contributed by atoms with Crippen LogP contribution < -0.4 is 11.1 Å². The Hall–Kier alpha value is -1.75. The van der Waals surface area contributed by atoms with E-state index in [-0.39, 0.29) is 12.1 Å². The number of anilines is 2. The third kappa shape index (κ3) is 3.17. The average molecular weight is 264 g/mol. The first-order valence-electron chi connectivity index (χ1n) is 6.48. The zero-order valence-electron chi connectivity index (χ0n) is 11.3. The number of benzene rings is 1. The van der Waals surface area contributed by atoms with Crippen molar-refractivity contribution < 1.29 is 14.3 Å². The summed E-state index contributed by atoms with van der Waals surface area (Å²) in [6, 6.07) is 5.47. The molecule has 1 fully saturated rings. The Kier molecular flexibility index (Phi) is 4.27. The number of nitrogen functional groups attached to an aromatic ring is 1. The van der Waals surface area contributed by atoms with Crippen molar-refractivity contribution in [3.8, 4) is 0 Å². The maximum Gasteiger partial charge on any atom is 0.340 e. The molecule has 2 rings (SSSR count). The molecule has 1 saturated heterocycles. The second kappa shape index (κ2) is 5.93. The molecule has 2 unspecified atom stereocenters. The van der Waals surface area contributed by atoms with E-state index in [1.807, 2.05) is 6.07 Å². The molecule has 1 aromatic rings. The summed E-state index contributed by atoms with van der Waals surface area (Å²) in [4.78, 5) is 11.6. The molecule has 0 bridgehead atoms. The molecular formula is C14H20N2O3. The van der Waals surface area contributed by atoms with Gasteiger partial charge in [0.2, 0.25) is 0 Å². The highest BCUT2D eigenvalue weighted by Crippen LogP contribution is 2.22. The predicted molar refractivity (Wildman–Crippen MR) is 74.3 cm³/mol. The van der Waals surface area contributed by atoms with Crippen molar-refractivity contribution >= 4 is 17.3 Å². The van der Waals surface area contributed by atoms with Gasteiger partial charge in [-0.2, -0.15) is 0 Å². The molecule has 104 valence electrons. The smallest absolute Gasteiger partial charge is 0.340 e. The zero-order chi connectivity index (χ0) is 13.8. The van der Waals surface area contributed by atoms with Crippen molar-refractivity contribution in [3.63, 3.8) is 0 Å². The Bertz CT molecular complexity index is 456. The van der Waals surface area contributed by atoms with Gasteiger partial charge in [0.05, 0.1) is 18.8 Å². The second-order valence-corrected chi connectivity index (χ2v) is 4.78. The van der Waals surface area contributed by atoms with Crippen LogP contribution >= 0.6 is 0 Å². The van der Waals surface area contributed by atoms with E-state index < -0.39 is 5.97 Å². The van der Waals surface area contributed by atoms with Crippen LogP contribution in [0, 0.1) is 0 Å². The van der Waals surface area contributed by atoms with Crippen molar-refractivity contribution in [1.82, 2.24) is 0 Å². The van der Waals surface area contributed by atoms with E-state index in [0.29, 0.717) is 11.3 Å². The van der Waals surface area contributed by atoms with Gasteiger partial charge in [0.1, 0.15) is 0 Å². The largest absolute Gasteiger partial charge is 0.465 e. The summed E-state index contributed by atoms with van der Waals surface area (Å²) in [6.07, 6.45) is 2.39. The highest BCUT2D eigenvalue weighted by molar-refractivity contribution is 5.96. The number of ether oxygens (including phenoxy) is 2. The van der Waals surface area contributed by atoms with Gasteiger partial charge in [0.25, 0.3) is 0 Å². The molecule has 19 heavy (non-hydrogen) atoms. The molecule has 0 saturated carbocycles. The van der Waals surface area contributed by atoms with Crippen molar-refractivity contribution in [2.45, 2.75) is 31.9 Å². The standard InChI is InChI=1S/C14H20N2O3/c1-9(13-4-3-7-19-13)16-10-5-6-12(15)11(8-10)14(17)18-2/h5-6,8-9,13,16H,3-4,7,15H2,1-2H3. The minimum Gasteiger partial charge on any atom is -0.465 e. The number of methoxy groups -OCH3 is 1. The number of nitrogens with one attached hydrogen (secondary N) is 1. The lowest BCUT2D eigenvalue weighted by Gasteiger charge is -2.21. The van der Waals surface area contributed by atoms with E-state index >= 15 is 0 Å². The molecule has 3 N–H and O–H groups in total. The molecule has 1 aliphatic heterocycles. The maximum atomic E-state index is 11.6. The monoisotopic (exact) mass is 264 g/mol. The Morgan fingerprint density at radius 2 is 2.37 bits per heavy atom. The Morgan fingerprint density at radius 3 is 3.00 bits per heavy atom. The van der Waals surface area contributed by atoms with Crippen LogP contribution in [0.4, 0.5) is 11.4 Å². The number of rotatable bonds is 4. The van der Waals surface area contributed by atoms with Crippen LogP contribution in [0.1, 0.15) is 30.1 Å². The lowest BCUT2D eigenvalue weighted by Crippen LogP contribution is -2.30. The first-order chi connectivity index (χ1) is 9.11. The summed E-state index contributed by atoms with van der Waals surface area (Å²) in [6.45, 7) is 2.90. The molecular weight excluding hydrogens is 244 g/mol. The van der Waals surface area contributed by atoms with Gasteiger partial charge in [-0.25, -0.2) is 4.79 Å². The summed E-state index contributed by atoms with van der Waals surface area (Å²) in [7, 11) is 1.34. The van der Waals surface area contributed by atoms with Crippen LogP contribution in [0.25, 0.3) is 0 Å². The molecule has 0 aromatic heterocycles. The highest BCUT2D eigenvalue weighted by atomic mass is 16.5. The first-order valence-corrected chi connectivity index (χ1v) is 6.48. The highest BCUT2D eigenvalue weighted by Gasteiger charge is 2.22. The fraction of sp³-hybridized carbons (Fsp3) is 0.500. The van der Waals surface area contributed by atoms with Crippen molar-refractivity contribution in [2.75, 3.05) is 24.8 Å². The molecule has 1 heterocycles. The lowest BCUT2D eigenvalue weighted by atomic mass is 10.1. The molecule has 0 amide bonds. The van der Waals surface area contributed by atoms with E-state index in [4.69, 9.17) is 15.2 Å².